The third kappa shape index (κ3) is 5.19. The molecule has 0 amide bonds. The van der Waals surface area contributed by atoms with Crippen molar-refractivity contribution < 1.29 is 13.2 Å². The molecule has 0 aliphatic heterocycles. The molecule has 3 heteroatoms. The molecule has 0 nitrogen and oxygen atoms in total. The molecule has 1 aliphatic carbocycles. The SMILES string of the molecule is C=CCCC1CC=C(c2ccc(-c3ccc(-c4ccc(CCC)c(F)c4F)cc3)cc2F)CC1. The van der Waals surface area contributed by atoms with Gasteiger partial charge in [0.05, 0.1) is 0 Å². The Bertz CT molecular complexity index is 1190. The van der Waals surface area contributed by atoms with E-state index in [1.54, 1.807) is 30.3 Å². The molecule has 1 aliphatic rings. The summed E-state index contributed by atoms with van der Waals surface area (Å²) in [4.78, 5) is 0. The molecular weight excluding hydrogens is 429 g/mol. The number of benzene rings is 3. The zero-order valence-corrected chi connectivity index (χ0v) is 19.7. The van der Waals surface area contributed by atoms with E-state index in [1.807, 2.05) is 37.3 Å². The van der Waals surface area contributed by atoms with Crippen LogP contribution in [0.3, 0.4) is 0 Å². The fourth-order valence-electron chi connectivity index (χ4n) is 4.82. The molecule has 3 aromatic rings. The molecule has 34 heavy (non-hydrogen) atoms. The van der Waals surface area contributed by atoms with Crippen LogP contribution < -0.4 is 0 Å². The lowest BCUT2D eigenvalue weighted by molar-refractivity contribution is 0.453. The average Bonchev–Trinajstić information content (AvgIpc) is 2.86. The van der Waals surface area contributed by atoms with Crippen LogP contribution in [-0.4, -0.2) is 0 Å². The normalized spacial score (nSPS) is 15.8. The van der Waals surface area contributed by atoms with Crippen molar-refractivity contribution in [3.8, 4) is 22.3 Å². The maximum Gasteiger partial charge on any atom is 0.166 e. The fraction of sp³-hybridized carbons (Fsp3) is 0.290. The van der Waals surface area contributed by atoms with Gasteiger partial charge in [0, 0.05) is 11.1 Å². The average molecular weight is 461 g/mol. The van der Waals surface area contributed by atoms with Gasteiger partial charge in [-0.2, -0.15) is 0 Å². The van der Waals surface area contributed by atoms with Gasteiger partial charge in [-0.3, -0.25) is 0 Å². The van der Waals surface area contributed by atoms with Crippen LogP contribution in [0.25, 0.3) is 27.8 Å². The monoisotopic (exact) mass is 460 g/mol. The molecule has 3 aromatic carbocycles. The van der Waals surface area contributed by atoms with E-state index in [-0.39, 0.29) is 11.4 Å². The lowest BCUT2D eigenvalue weighted by Gasteiger charge is -2.22. The highest BCUT2D eigenvalue weighted by atomic mass is 19.2. The molecule has 0 bridgehead atoms. The first kappa shape index (κ1) is 24.1. The Hall–Kier alpha value is -3.07. The van der Waals surface area contributed by atoms with E-state index in [1.165, 1.54) is 0 Å². The summed E-state index contributed by atoms with van der Waals surface area (Å²) in [6, 6.07) is 15.8. The van der Waals surface area contributed by atoms with E-state index in [9.17, 15) is 8.78 Å². The lowest BCUT2D eigenvalue weighted by Crippen LogP contribution is -2.06. The van der Waals surface area contributed by atoms with E-state index in [0.29, 0.717) is 29.0 Å². The number of hydrogen-bond donors (Lipinski definition) is 0. The van der Waals surface area contributed by atoms with Crippen LogP contribution in [0.5, 0.6) is 0 Å². The second-order valence-electron chi connectivity index (χ2n) is 9.16. The summed E-state index contributed by atoms with van der Waals surface area (Å²) in [6.07, 6.45) is 10.5. The van der Waals surface area contributed by atoms with E-state index >= 15 is 4.39 Å². The number of allylic oxidation sites excluding steroid dienone is 3. The van der Waals surface area contributed by atoms with Crippen molar-refractivity contribution >= 4 is 5.57 Å². The Labute approximate surface area is 200 Å². The van der Waals surface area contributed by atoms with E-state index in [2.05, 4.69) is 12.7 Å². The Kier molecular flexibility index (Phi) is 7.72. The van der Waals surface area contributed by atoms with Crippen molar-refractivity contribution in [1.29, 1.82) is 0 Å². The van der Waals surface area contributed by atoms with E-state index < -0.39 is 11.6 Å². The van der Waals surface area contributed by atoms with Crippen molar-refractivity contribution in [2.45, 2.75) is 51.9 Å². The van der Waals surface area contributed by atoms with Crippen LogP contribution >= 0.6 is 0 Å². The standard InChI is InChI=1S/C31H31F3/c1-3-5-7-21-8-10-23(11-9-21)27-18-17-26(20-29(27)32)22-12-14-24(15-13-22)28-19-16-25(6-4-2)30(33)31(28)34/h3,10,12-21H,1,4-9,11H2,2H3. The molecule has 1 atom stereocenters. The Balaban J connectivity index is 1.52. The minimum absolute atomic E-state index is 0.225. The summed E-state index contributed by atoms with van der Waals surface area (Å²) in [5, 5.41) is 0. The molecule has 0 aromatic heterocycles. The number of aryl methyl sites for hydroxylation is 1. The predicted octanol–water partition coefficient (Wildman–Crippen LogP) is 9.54. The predicted molar refractivity (Wildman–Crippen MR) is 136 cm³/mol. The van der Waals surface area contributed by atoms with Gasteiger partial charge in [0.1, 0.15) is 5.82 Å². The molecule has 1 unspecified atom stereocenters. The van der Waals surface area contributed by atoms with Gasteiger partial charge in [-0.1, -0.05) is 74.0 Å². The second-order valence-corrected chi connectivity index (χ2v) is 9.16. The van der Waals surface area contributed by atoms with Gasteiger partial charge in [0.2, 0.25) is 0 Å². The van der Waals surface area contributed by atoms with Crippen molar-refractivity contribution in [3.05, 3.63) is 102 Å². The third-order valence-electron chi connectivity index (χ3n) is 6.82. The van der Waals surface area contributed by atoms with Crippen molar-refractivity contribution in [2.24, 2.45) is 5.92 Å². The molecule has 176 valence electrons. The molecule has 0 heterocycles. The highest BCUT2D eigenvalue weighted by Gasteiger charge is 2.18. The van der Waals surface area contributed by atoms with Gasteiger partial charge < -0.3 is 0 Å². The highest BCUT2D eigenvalue weighted by Crippen LogP contribution is 2.35. The zero-order chi connectivity index (χ0) is 24.1. The van der Waals surface area contributed by atoms with Gasteiger partial charge >= 0.3 is 0 Å². The van der Waals surface area contributed by atoms with Crippen molar-refractivity contribution in [2.75, 3.05) is 0 Å². The highest BCUT2D eigenvalue weighted by molar-refractivity contribution is 5.74. The van der Waals surface area contributed by atoms with Crippen LogP contribution in [0.1, 0.15) is 56.6 Å². The second kappa shape index (κ2) is 10.9. The van der Waals surface area contributed by atoms with Crippen LogP contribution in [-0.2, 0) is 6.42 Å². The molecule has 0 radical (unpaired) electrons. The molecule has 0 spiro atoms. The summed E-state index contributed by atoms with van der Waals surface area (Å²) in [6.45, 7) is 5.73. The van der Waals surface area contributed by atoms with Gasteiger partial charge in [-0.15, -0.1) is 6.58 Å². The van der Waals surface area contributed by atoms with E-state index in [0.717, 1.165) is 55.2 Å². The molecular formula is C31H31F3. The lowest BCUT2D eigenvalue weighted by atomic mass is 9.84. The quantitative estimate of drug-likeness (QED) is 0.294. The Morgan fingerprint density at radius 2 is 1.59 bits per heavy atom. The van der Waals surface area contributed by atoms with Gasteiger partial charge in [0.15, 0.2) is 11.6 Å². The third-order valence-corrected chi connectivity index (χ3v) is 6.82. The van der Waals surface area contributed by atoms with Gasteiger partial charge in [-0.05, 0) is 78.3 Å². The smallest absolute Gasteiger partial charge is 0.166 e. The first-order chi connectivity index (χ1) is 16.5. The summed E-state index contributed by atoms with van der Waals surface area (Å²) in [7, 11) is 0. The first-order valence-corrected chi connectivity index (χ1v) is 12.2. The number of halogens is 3. The molecule has 0 saturated heterocycles. The summed E-state index contributed by atoms with van der Waals surface area (Å²) >= 11 is 0. The van der Waals surface area contributed by atoms with Gasteiger partial charge in [0.25, 0.3) is 0 Å². The Morgan fingerprint density at radius 1 is 0.882 bits per heavy atom. The van der Waals surface area contributed by atoms with E-state index in [4.69, 9.17) is 0 Å². The molecule has 4 rings (SSSR count). The molecule has 0 saturated carbocycles. The molecule has 0 fully saturated rings. The minimum Gasteiger partial charge on any atom is -0.206 e. The number of rotatable bonds is 8. The first-order valence-electron chi connectivity index (χ1n) is 12.2. The summed E-state index contributed by atoms with van der Waals surface area (Å²) in [5.74, 6) is -1.16. The maximum atomic E-state index is 15.0. The maximum absolute atomic E-state index is 15.0. The van der Waals surface area contributed by atoms with Crippen LogP contribution in [0.4, 0.5) is 13.2 Å². The van der Waals surface area contributed by atoms with Crippen molar-refractivity contribution in [1.82, 2.24) is 0 Å². The largest absolute Gasteiger partial charge is 0.206 e. The fourth-order valence-corrected chi connectivity index (χ4v) is 4.82. The number of hydrogen-bond acceptors (Lipinski definition) is 0. The van der Waals surface area contributed by atoms with Crippen LogP contribution in [0.15, 0.2) is 73.3 Å². The Morgan fingerprint density at radius 3 is 2.24 bits per heavy atom. The molecule has 0 N–H and O–H groups in total. The zero-order valence-electron chi connectivity index (χ0n) is 19.7. The topological polar surface area (TPSA) is 0 Å². The van der Waals surface area contributed by atoms with Crippen LogP contribution in [0.2, 0.25) is 0 Å². The minimum atomic E-state index is -0.818. The summed E-state index contributed by atoms with van der Waals surface area (Å²) < 4.78 is 44.0. The summed E-state index contributed by atoms with van der Waals surface area (Å²) in [5.41, 5.74) is 4.58. The van der Waals surface area contributed by atoms with Crippen LogP contribution in [0, 0.1) is 23.4 Å². The van der Waals surface area contributed by atoms with Gasteiger partial charge in [-0.25, -0.2) is 13.2 Å². The van der Waals surface area contributed by atoms with Crippen molar-refractivity contribution in [3.63, 3.8) is 0 Å².